The summed E-state index contributed by atoms with van der Waals surface area (Å²) in [4.78, 5) is 0. The predicted molar refractivity (Wildman–Crippen MR) is 59.3 cm³/mol. The molecule has 3 nitrogen and oxygen atoms in total. The van der Waals surface area contributed by atoms with E-state index < -0.39 is 10.0 Å². The van der Waals surface area contributed by atoms with Gasteiger partial charge in [-0.3, -0.25) is 4.31 Å². The molecular weight excluding hydrogens is 222 g/mol. The van der Waals surface area contributed by atoms with Gasteiger partial charge in [-0.15, -0.1) is 0 Å². The lowest BCUT2D eigenvalue weighted by Crippen LogP contribution is -2.29. The molecule has 0 aliphatic heterocycles. The summed E-state index contributed by atoms with van der Waals surface area (Å²) in [5.41, 5.74) is 0.638. The van der Waals surface area contributed by atoms with E-state index in [1.54, 1.807) is 31.2 Å². The molecule has 0 aliphatic rings. The van der Waals surface area contributed by atoms with Crippen molar-refractivity contribution in [2.45, 2.75) is 6.92 Å². The molecule has 0 heterocycles. The van der Waals surface area contributed by atoms with Gasteiger partial charge in [0.2, 0.25) is 10.0 Å². The first-order valence-electron chi connectivity index (χ1n) is 4.18. The number of benzene rings is 1. The van der Waals surface area contributed by atoms with Gasteiger partial charge in [0, 0.05) is 11.6 Å². The number of anilines is 1. The van der Waals surface area contributed by atoms with E-state index in [1.807, 2.05) is 0 Å². The second-order valence-corrected chi connectivity index (χ2v) is 5.25. The number of hydrogen-bond donors (Lipinski definition) is 0. The number of hydrogen-bond acceptors (Lipinski definition) is 2. The minimum Gasteiger partial charge on any atom is -0.271 e. The van der Waals surface area contributed by atoms with Gasteiger partial charge in [-0.05, 0) is 31.2 Å². The smallest absolute Gasteiger partial charge is 0.232 e. The summed E-state index contributed by atoms with van der Waals surface area (Å²) in [5, 5.41) is 0.596. The molecule has 78 valence electrons. The molecule has 14 heavy (non-hydrogen) atoms. The molecule has 0 aliphatic carbocycles. The monoisotopic (exact) mass is 233 g/mol. The lowest BCUT2D eigenvalue weighted by atomic mass is 10.3. The highest BCUT2D eigenvalue weighted by molar-refractivity contribution is 7.92. The number of sulfonamides is 1. The second kappa shape index (κ2) is 4.19. The summed E-state index contributed by atoms with van der Waals surface area (Å²) >= 11 is 5.71. The molecule has 0 saturated carbocycles. The van der Waals surface area contributed by atoms with Crippen LogP contribution < -0.4 is 4.31 Å². The lowest BCUT2D eigenvalue weighted by Gasteiger charge is -2.20. The fourth-order valence-corrected chi connectivity index (χ4v) is 2.32. The molecule has 0 bridgehead atoms. The molecule has 5 heteroatoms. The highest BCUT2D eigenvalue weighted by Gasteiger charge is 2.14. The van der Waals surface area contributed by atoms with Gasteiger partial charge in [0.15, 0.2) is 0 Å². The van der Waals surface area contributed by atoms with Gasteiger partial charge in [0.1, 0.15) is 0 Å². The molecule has 0 radical (unpaired) electrons. The molecule has 0 N–H and O–H groups in total. The molecule has 0 amide bonds. The molecule has 1 aromatic rings. The van der Waals surface area contributed by atoms with Gasteiger partial charge in [-0.25, -0.2) is 8.42 Å². The topological polar surface area (TPSA) is 37.4 Å². The maximum absolute atomic E-state index is 11.3. The molecule has 1 rings (SSSR count). The Bertz CT molecular complexity index is 399. The first-order chi connectivity index (χ1) is 6.45. The zero-order valence-electron chi connectivity index (χ0n) is 8.07. The van der Waals surface area contributed by atoms with E-state index >= 15 is 0 Å². The van der Waals surface area contributed by atoms with Crippen LogP contribution in [0.3, 0.4) is 0 Å². The van der Waals surface area contributed by atoms with Crippen LogP contribution in [0.5, 0.6) is 0 Å². The fraction of sp³-hybridized carbons (Fsp3) is 0.333. The third-order valence-corrected chi connectivity index (χ3v) is 3.32. The highest BCUT2D eigenvalue weighted by Crippen LogP contribution is 2.19. The Labute approximate surface area is 89.4 Å². The molecule has 0 aromatic heterocycles. The van der Waals surface area contributed by atoms with Crippen LogP contribution in [0.1, 0.15) is 6.92 Å². The summed E-state index contributed by atoms with van der Waals surface area (Å²) in [6.07, 6.45) is 1.19. The molecule has 0 spiro atoms. The third kappa shape index (κ3) is 2.62. The fourth-order valence-electron chi connectivity index (χ4n) is 1.22. The Morgan fingerprint density at radius 2 is 1.79 bits per heavy atom. The van der Waals surface area contributed by atoms with Crippen molar-refractivity contribution in [1.29, 1.82) is 0 Å². The van der Waals surface area contributed by atoms with Crippen molar-refractivity contribution >= 4 is 27.3 Å². The third-order valence-electron chi connectivity index (χ3n) is 1.80. The summed E-state index contributed by atoms with van der Waals surface area (Å²) < 4.78 is 24.0. The molecule has 0 saturated heterocycles. The van der Waals surface area contributed by atoms with E-state index in [9.17, 15) is 8.42 Å². The molecule has 1 aromatic carbocycles. The molecule has 0 fully saturated rings. The zero-order valence-corrected chi connectivity index (χ0v) is 9.64. The van der Waals surface area contributed by atoms with Crippen LogP contribution in [-0.2, 0) is 10.0 Å². The van der Waals surface area contributed by atoms with Crippen molar-refractivity contribution in [2.75, 3.05) is 17.1 Å². The number of rotatable bonds is 3. The molecule has 0 unspecified atom stereocenters. The van der Waals surface area contributed by atoms with Gasteiger partial charge in [-0.1, -0.05) is 11.6 Å². The van der Waals surface area contributed by atoms with Crippen molar-refractivity contribution in [3.05, 3.63) is 29.3 Å². The van der Waals surface area contributed by atoms with Crippen molar-refractivity contribution in [1.82, 2.24) is 0 Å². The van der Waals surface area contributed by atoms with Crippen LogP contribution in [0.2, 0.25) is 5.02 Å². The Morgan fingerprint density at radius 3 is 2.14 bits per heavy atom. The quantitative estimate of drug-likeness (QED) is 0.802. The first kappa shape index (κ1) is 11.3. The maximum Gasteiger partial charge on any atom is 0.232 e. The average molecular weight is 234 g/mol. The van der Waals surface area contributed by atoms with E-state index in [0.717, 1.165) is 0 Å². The molecular formula is C9H12ClNO2S. The first-order valence-corrected chi connectivity index (χ1v) is 6.41. The van der Waals surface area contributed by atoms with Crippen molar-refractivity contribution < 1.29 is 8.42 Å². The summed E-state index contributed by atoms with van der Waals surface area (Å²) in [6, 6.07) is 6.72. The van der Waals surface area contributed by atoms with Gasteiger partial charge >= 0.3 is 0 Å². The summed E-state index contributed by atoms with van der Waals surface area (Å²) in [7, 11) is -3.19. The maximum atomic E-state index is 11.3. The normalized spacial score (nSPS) is 11.4. The van der Waals surface area contributed by atoms with E-state index in [2.05, 4.69) is 0 Å². The van der Waals surface area contributed by atoms with Crippen LogP contribution in [0, 0.1) is 0 Å². The molecule has 0 atom stereocenters. The van der Waals surface area contributed by atoms with Crippen LogP contribution in [0.15, 0.2) is 24.3 Å². The van der Waals surface area contributed by atoms with Gasteiger partial charge in [0.05, 0.1) is 11.9 Å². The Morgan fingerprint density at radius 1 is 1.29 bits per heavy atom. The van der Waals surface area contributed by atoms with Crippen molar-refractivity contribution in [3.63, 3.8) is 0 Å². The zero-order chi connectivity index (χ0) is 10.8. The van der Waals surface area contributed by atoms with Crippen molar-refractivity contribution in [2.24, 2.45) is 0 Å². The predicted octanol–water partition coefficient (Wildman–Crippen LogP) is 2.13. The van der Waals surface area contributed by atoms with E-state index in [0.29, 0.717) is 17.3 Å². The largest absolute Gasteiger partial charge is 0.271 e. The average Bonchev–Trinajstić information content (AvgIpc) is 2.07. The van der Waals surface area contributed by atoms with Crippen molar-refractivity contribution in [3.8, 4) is 0 Å². The Balaban J connectivity index is 3.08. The minimum absolute atomic E-state index is 0.417. The van der Waals surface area contributed by atoms with Gasteiger partial charge in [0.25, 0.3) is 0 Å². The van der Waals surface area contributed by atoms with Gasteiger partial charge in [-0.2, -0.15) is 0 Å². The lowest BCUT2D eigenvalue weighted by molar-refractivity contribution is 0.598. The van der Waals surface area contributed by atoms with Crippen LogP contribution >= 0.6 is 11.6 Å². The van der Waals surface area contributed by atoms with E-state index in [1.165, 1.54) is 10.6 Å². The Hall–Kier alpha value is -0.740. The Kier molecular flexibility index (Phi) is 3.39. The number of nitrogens with zero attached hydrogens (tertiary/aromatic N) is 1. The summed E-state index contributed by atoms with van der Waals surface area (Å²) in [6.45, 7) is 2.20. The van der Waals surface area contributed by atoms with E-state index in [-0.39, 0.29) is 0 Å². The van der Waals surface area contributed by atoms with Crippen LogP contribution in [0.25, 0.3) is 0 Å². The number of halogens is 1. The van der Waals surface area contributed by atoms with Gasteiger partial charge < -0.3 is 0 Å². The van der Waals surface area contributed by atoms with E-state index in [4.69, 9.17) is 11.6 Å². The summed E-state index contributed by atoms with van der Waals surface area (Å²) in [5.74, 6) is 0. The minimum atomic E-state index is -3.19. The SMILES string of the molecule is CCN(c1ccc(Cl)cc1)S(C)(=O)=O. The van der Waals surface area contributed by atoms with Crippen LogP contribution in [0.4, 0.5) is 5.69 Å². The standard InChI is InChI=1S/C9H12ClNO2S/c1-3-11(14(2,12)13)9-6-4-8(10)5-7-9/h4-7H,3H2,1-2H3. The van der Waals surface area contributed by atoms with Crippen LogP contribution in [-0.4, -0.2) is 21.2 Å². The second-order valence-electron chi connectivity index (χ2n) is 2.90. The highest BCUT2D eigenvalue weighted by atomic mass is 35.5.